The molecule has 0 radical (unpaired) electrons. The zero-order valence-electron chi connectivity index (χ0n) is 16.4. The smallest absolute Gasteiger partial charge is 0.410 e. The summed E-state index contributed by atoms with van der Waals surface area (Å²) in [6.45, 7) is 7.56. The van der Waals surface area contributed by atoms with Crippen molar-refractivity contribution in [1.82, 2.24) is 10.2 Å². The van der Waals surface area contributed by atoms with E-state index in [1.807, 2.05) is 45.0 Å². The molecule has 1 aromatic rings. The molecule has 26 heavy (non-hydrogen) atoms. The molecule has 0 spiro atoms. The summed E-state index contributed by atoms with van der Waals surface area (Å²) in [6, 6.07) is 8.04. The highest BCUT2D eigenvalue weighted by molar-refractivity contribution is 5.77. The number of aliphatic imine (C=N–C) groups is 1. The first-order valence-electron chi connectivity index (χ1n) is 9.28. The maximum Gasteiger partial charge on any atom is 0.410 e. The third kappa shape index (κ3) is 6.94. The maximum atomic E-state index is 12.0. The Labute approximate surface area is 156 Å². The number of nitrogens with one attached hydrogen (secondary N) is 1. The van der Waals surface area contributed by atoms with Crippen molar-refractivity contribution in [2.45, 2.75) is 58.7 Å². The van der Waals surface area contributed by atoms with E-state index >= 15 is 0 Å². The topological polar surface area (TPSA) is 80.0 Å². The highest BCUT2D eigenvalue weighted by Crippen LogP contribution is 2.25. The van der Waals surface area contributed by atoms with Crippen LogP contribution in [0.3, 0.4) is 0 Å². The molecular weight excluding hydrogens is 328 g/mol. The van der Waals surface area contributed by atoms with Crippen LogP contribution in [-0.2, 0) is 17.8 Å². The van der Waals surface area contributed by atoms with Crippen LogP contribution < -0.4 is 11.1 Å². The Hall–Kier alpha value is -2.24. The second-order valence-corrected chi connectivity index (χ2v) is 8.03. The third-order valence-electron chi connectivity index (χ3n) is 4.38. The van der Waals surface area contributed by atoms with Crippen molar-refractivity contribution in [1.29, 1.82) is 0 Å². The quantitative estimate of drug-likeness (QED) is 0.603. The molecule has 144 valence electrons. The van der Waals surface area contributed by atoms with Gasteiger partial charge in [0.25, 0.3) is 0 Å². The molecule has 0 heterocycles. The number of guanidine groups is 1. The average Bonchev–Trinajstić information content (AvgIpc) is 2.51. The fourth-order valence-corrected chi connectivity index (χ4v) is 2.61. The highest BCUT2D eigenvalue weighted by atomic mass is 16.6. The van der Waals surface area contributed by atoms with Gasteiger partial charge in [0.2, 0.25) is 0 Å². The number of carbonyl (C=O) groups excluding carboxylic acids is 1. The standard InChI is InChI=1S/C20H32N4O2/c1-20(2,3)26-19(25)24(4)14-17-10-8-16(9-11-17)13-23-18(21)22-12-15-6-5-7-15/h8-11,15H,5-7,12-14H2,1-4H3,(H3,21,22,23). The van der Waals surface area contributed by atoms with Crippen LogP contribution in [0.15, 0.2) is 29.3 Å². The summed E-state index contributed by atoms with van der Waals surface area (Å²) in [5, 5.41) is 3.19. The Morgan fingerprint density at radius 1 is 1.27 bits per heavy atom. The van der Waals surface area contributed by atoms with Crippen molar-refractivity contribution < 1.29 is 9.53 Å². The Morgan fingerprint density at radius 2 is 1.88 bits per heavy atom. The predicted octanol–water partition coefficient (Wildman–Crippen LogP) is 3.26. The normalized spacial score (nSPS) is 15.3. The lowest BCUT2D eigenvalue weighted by Crippen LogP contribution is -2.37. The number of hydrogen-bond acceptors (Lipinski definition) is 3. The second kappa shape index (κ2) is 8.92. The van der Waals surface area contributed by atoms with Crippen LogP contribution in [0, 0.1) is 5.92 Å². The van der Waals surface area contributed by atoms with E-state index in [1.54, 1.807) is 11.9 Å². The molecule has 1 saturated carbocycles. The summed E-state index contributed by atoms with van der Waals surface area (Å²) < 4.78 is 5.36. The van der Waals surface area contributed by atoms with Gasteiger partial charge in [0.15, 0.2) is 5.96 Å². The molecule has 3 N–H and O–H groups in total. The zero-order chi connectivity index (χ0) is 19.2. The zero-order valence-corrected chi connectivity index (χ0v) is 16.4. The molecule has 0 atom stereocenters. The van der Waals surface area contributed by atoms with Crippen molar-refractivity contribution >= 4 is 12.1 Å². The van der Waals surface area contributed by atoms with E-state index in [1.165, 1.54) is 19.3 Å². The molecule has 0 aromatic heterocycles. The lowest BCUT2D eigenvalue weighted by atomic mass is 9.85. The molecule has 1 aromatic carbocycles. The van der Waals surface area contributed by atoms with Gasteiger partial charge in [0.1, 0.15) is 5.60 Å². The summed E-state index contributed by atoms with van der Waals surface area (Å²) in [5.74, 6) is 1.26. The van der Waals surface area contributed by atoms with E-state index in [0.29, 0.717) is 19.0 Å². The molecule has 0 saturated heterocycles. The molecule has 1 aliphatic carbocycles. The van der Waals surface area contributed by atoms with E-state index in [0.717, 1.165) is 23.6 Å². The van der Waals surface area contributed by atoms with Gasteiger partial charge in [-0.15, -0.1) is 0 Å². The van der Waals surface area contributed by atoms with Crippen LogP contribution in [0.2, 0.25) is 0 Å². The number of hydrogen-bond donors (Lipinski definition) is 2. The van der Waals surface area contributed by atoms with Crippen LogP contribution in [0.1, 0.15) is 51.2 Å². The summed E-state index contributed by atoms with van der Waals surface area (Å²) in [6.07, 6.45) is 3.59. The molecule has 0 bridgehead atoms. The van der Waals surface area contributed by atoms with Crippen LogP contribution in [-0.4, -0.2) is 36.1 Å². The third-order valence-corrected chi connectivity index (χ3v) is 4.38. The van der Waals surface area contributed by atoms with Gasteiger partial charge >= 0.3 is 6.09 Å². The van der Waals surface area contributed by atoms with E-state index in [4.69, 9.17) is 10.5 Å². The van der Waals surface area contributed by atoms with E-state index < -0.39 is 5.60 Å². The number of nitrogens with zero attached hydrogens (tertiary/aromatic N) is 2. The minimum absolute atomic E-state index is 0.323. The van der Waals surface area contributed by atoms with Gasteiger partial charge in [-0.05, 0) is 50.7 Å². The number of ether oxygens (including phenoxy) is 1. The Bertz CT molecular complexity index is 616. The first-order chi connectivity index (χ1) is 12.2. The number of benzene rings is 1. The number of nitrogens with two attached hydrogens (primary N) is 1. The first-order valence-corrected chi connectivity index (χ1v) is 9.28. The van der Waals surface area contributed by atoms with Gasteiger partial charge < -0.3 is 20.7 Å². The summed E-state index contributed by atoms with van der Waals surface area (Å²) in [5.41, 5.74) is 7.55. The SMILES string of the molecule is CN(Cc1ccc(CN=C(N)NCC2CCC2)cc1)C(=O)OC(C)(C)C. The maximum absolute atomic E-state index is 12.0. The van der Waals surface area contributed by atoms with Crippen molar-refractivity contribution in [3.8, 4) is 0 Å². The lowest BCUT2D eigenvalue weighted by molar-refractivity contribution is 0.0285. The summed E-state index contributed by atoms with van der Waals surface area (Å²) in [4.78, 5) is 18.0. The van der Waals surface area contributed by atoms with Gasteiger partial charge in [-0.1, -0.05) is 30.7 Å². The Morgan fingerprint density at radius 3 is 2.42 bits per heavy atom. The second-order valence-electron chi connectivity index (χ2n) is 8.03. The van der Waals surface area contributed by atoms with Crippen LogP contribution >= 0.6 is 0 Å². The molecule has 1 aliphatic rings. The largest absolute Gasteiger partial charge is 0.444 e. The molecule has 0 aliphatic heterocycles. The predicted molar refractivity (Wildman–Crippen MR) is 105 cm³/mol. The van der Waals surface area contributed by atoms with Gasteiger partial charge in [-0.25, -0.2) is 9.79 Å². The van der Waals surface area contributed by atoms with Gasteiger partial charge in [0, 0.05) is 20.1 Å². The molecular formula is C20H32N4O2. The van der Waals surface area contributed by atoms with Gasteiger partial charge in [0.05, 0.1) is 6.54 Å². The first kappa shape index (κ1) is 20.1. The fraction of sp³-hybridized carbons (Fsp3) is 0.600. The molecule has 6 heteroatoms. The fourth-order valence-electron chi connectivity index (χ4n) is 2.61. The minimum atomic E-state index is -0.486. The highest BCUT2D eigenvalue weighted by Gasteiger charge is 2.19. The van der Waals surface area contributed by atoms with Gasteiger partial charge in [-0.2, -0.15) is 0 Å². The lowest BCUT2D eigenvalue weighted by Gasteiger charge is -2.25. The van der Waals surface area contributed by atoms with Gasteiger partial charge in [-0.3, -0.25) is 0 Å². The van der Waals surface area contributed by atoms with Crippen molar-refractivity contribution in [3.05, 3.63) is 35.4 Å². The van der Waals surface area contributed by atoms with Crippen molar-refractivity contribution in [2.24, 2.45) is 16.6 Å². The Balaban J connectivity index is 1.78. The molecule has 1 fully saturated rings. The number of rotatable bonds is 6. The molecule has 2 rings (SSSR count). The van der Waals surface area contributed by atoms with Crippen molar-refractivity contribution in [3.63, 3.8) is 0 Å². The van der Waals surface area contributed by atoms with E-state index in [2.05, 4.69) is 10.3 Å². The number of carbonyl (C=O) groups is 1. The van der Waals surface area contributed by atoms with Crippen LogP contribution in [0.4, 0.5) is 4.79 Å². The van der Waals surface area contributed by atoms with Crippen LogP contribution in [0.25, 0.3) is 0 Å². The monoisotopic (exact) mass is 360 g/mol. The van der Waals surface area contributed by atoms with Crippen LogP contribution in [0.5, 0.6) is 0 Å². The van der Waals surface area contributed by atoms with E-state index in [9.17, 15) is 4.79 Å². The number of amides is 1. The molecule has 1 amide bonds. The average molecular weight is 361 g/mol. The summed E-state index contributed by atoms with van der Waals surface area (Å²) in [7, 11) is 1.74. The molecule has 6 nitrogen and oxygen atoms in total. The molecule has 0 unspecified atom stereocenters. The van der Waals surface area contributed by atoms with E-state index in [-0.39, 0.29) is 6.09 Å². The minimum Gasteiger partial charge on any atom is -0.444 e. The Kier molecular flexibility index (Phi) is 6.89. The summed E-state index contributed by atoms with van der Waals surface area (Å²) >= 11 is 0. The van der Waals surface area contributed by atoms with Crippen molar-refractivity contribution in [2.75, 3.05) is 13.6 Å².